The molecule has 1 aliphatic rings. The smallest absolute Gasteiger partial charge is 0.410 e. The fraction of sp³-hybridized carbons (Fsp3) is 0.524. The van der Waals surface area contributed by atoms with Gasteiger partial charge in [-0.25, -0.2) is 9.78 Å². The number of ether oxygens (including phenoxy) is 1. The Bertz CT molecular complexity index is 863. The number of hydrogen-bond donors (Lipinski definition) is 2. The van der Waals surface area contributed by atoms with E-state index >= 15 is 0 Å². The number of rotatable bonds is 4. The lowest BCUT2D eigenvalue weighted by Gasteiger charge is -2.33. The third-order valence-corrected chi connectivity index (χ3v) is 4.74. The van der Waals surface area contributed by atoms with Crippen molar-refractivity contribution in [2.24, 2.45) is 5.92 Å². The SMILES string of the molecule is Cc1nc(-c2cccc(NC(=O)CC3CCN(C(=O)OC(C)(C)C)CC3)c2)n[nH]1. The van der Waals surface area contributed by atoms with Crippen LogP contribution in [0.15, 0.2) is 24.3 Å². The number of H-pyrrole nitrogens is 1. The highest BCUT2D eigenvalue weighted by Crippen LogP contribution is 2.24. The van der Waals surface area contributed by atoms with Gasteiger partial charge in [-0.2, -0.15) is 5.10 Å². The van der Waals surface area contributed by atoms with Crippen LogP contribution < -0.4 is 5.32 Å². The van der Waals surface area contributed by atoms with Crippen molar-refractivity contribution >= 4 is 17.7 Å². The summed E-state index contributed by atoms with van der Waals surface area (Å²) in [5.74, 6) is 1.58. The van der Waals surface area contributed by atoms with Crippen LogP contribution in [-0.2, 0) is 9.53 Å². The molecule has 156 valence electrons. The van der Waals surface area contributed by atoms with Gasteiger partial charge in [-0.05, 0) is 58.6 Å². The van der Waals surface area contributed by atoms with Gasteiger partial charge in [0.15, 0.2) is 5.82 Å². The molecule has 8 nitrogen and oxygen atoms in total. The first-order chi connectivity index (χ1) is 13.7. The number of amides is 2. The van der Waals surface area contributed by atoms with Crippen molar-refractivity contribution in [3.8, 4) is 11.4 Å². The van der Waals surface area contributed by atoms with E-state index in [9.17, 15) is 9.59 Å². The molecule has 2 N–H and O–H groups in total. The molecule has 2 aromatic rings. The Hall–Kier alpha value is -2.90. The lowest BCUT2D eigenvalue weighted by molar-refractivity contribution is -0.117. The van der Waals surface area contributed by atoms with Gasteiger partial charge in [-0.15, -0.1) is 0 Å². The third-order valence-electron chi connectivity index (χ3n) is 4.74. The largest absolute Gasteiger partial charge is 0.444 e. The second-order valence-electron chi connectivity index (χ2n) is 8.49. The highest BCUT2D eigenvalue weighted by molar-refractivity contribution is 5.91. The minimum absolute atomic E-state index is 0.0240. The monoisotopic (exact) mass is 399 g/mol. The molecule has 0 atom stereocenters. The lowest BCUT2D eigenvalue weighted by atomic mass is 9.93. The molecule has 0 spiro atoms. The van der Waals surface area contributed by atoms with Crippen molar-refractivity contribution in [1.82, 2.24) is 20.1 Å². The minimum Gasteiger partial charge on any atom is -0.444 e. The van der Waals surface area contributed by atoms with Crippen LogP contribution in [0, 0.1) is 12.8 Å². The van der Waals surface area contributed by atoms with Gasteiger partial charge in [-0.1, -0.05) is 12.1 Å². The fourth-order valence-electron chi connectivity index (χ4n) is 3.33. The number of benzene rings is 1. The summed E-state index contributed by atoms with van der Waals surface area (Å²) >= 11 is 0. The van der Waals surface area contributed by atoms with E-state index in [0.29, 0.717) is 25.3 Å². The third kappa shape index (κ3) is 6.04. The summed E-state index contributed by atoms with van der Waals surface area (Å²) in [7, 11) is 0. The standard InChI is InChI=1S/C21H29N5O3/c1-14-22-19(25-24-14)16-6-5-7-17(13-16)23-18(27)12-15-8-10-26(11-9-15)20(28)29-21(2,3)4/h5-7,13,15H,8-12H2,1-4H3,(H,23,27)(H,22,24,25). The van der Waals surface area contributed by atoms with E-state index in [1.54, 1.807) is 4.90 Å². The number of carbonyl (C=O) groups excluding carboxylic acids is 2. The molecule has 0 saturated carbocycles. The number of nitrogens with zero attached hydrogens (tertiary/aromatic N) is 3. The van der Waals surface area contributed by atoms with Crippen molar-refractivity contribution < 1.29 is 14.3 Å². The van der Waals surface area contributed by atoms with Gasteiger partial charge in [0.05, 0.1) is 0 Å². The zero-order valence-corrected chi connectivity index (χ0v) is 17.5. The highest BCUT2D eigenvalue weighted by Gasteiger charge is 2.27. The van der Waals surface area contributed by atoms with Gasteiger partial charge in [-0.3, -0.25) is 9.89 Å². The van der Waals surface area contributed by atoms with Crippen LogP contribution in [0.4, 0.5) is 10.5 Å². The number of anilines is 1. The first kappa shape index (κ1) is 20.8. The molecule has 1 aromatic carbocycles. The number of aryl methyl sites for hydroxylation is 1. The summed E-state index contributed by atoms with van der Waals surface area (Å²) in [5.41, 5.74) is 1.07. The molecule has 2 heterocycles. The van der Waals surface area contributed by atoms with Gasteiger partial charge < -0.3 is 15.0 Å². The number of nitrogens with one attached hydrogen (secondary N) is 2. The predicted molar refractivity (Wildman–Crippen MR) is 110 cm³/mol. The van der Waals surface area contributed by atoms with E-state index in [1.165, 1.54) is 0 Å². The summed E-state index contributed by atoms with van der Waals surface area (Å²) in [5, 5.41) is 9.93. The van der Waals surface area contributed by atoms with Crippen LogP contribution in [0.2, 0.25) is 0 Å². The molecule has 1 saturated heterocycles. The maximum Gasteiger partial charge on any atom is 0.410 e. The van der Waals surface area contributed by atoms with Crippen LogP contribution in [0.5, 0.6) is 0 Å². The number of hydrogen-bond acceptors (Lipinski definition) is 5. The van der Waals surface area contributed by atoms with E-state index in [0.717, 1.165) is 29.9 Å². The topological polar surface area (TPSA) is 100 Å². The van der Waals surface area contributed by atoms with E-state index < -0.39 is 5.60 Å². The van der Waals surface area contributed by atoms with Crippen molar-refractivity contribution in [1.29, 1.82) is 0 Å². The number of piperidine rings is 1. The number of carbonyl (C=O) groups is 2. The van der Waals surface area contributed by atoms with Crippen molar-refractivity contribution in [2.75, 3.05) is 18.4 Å². The molecule has 1 fully saturated rings. The molecule has 29 heavy (non-hydrogen) atoms. The lowest BCUT2D eigenvalue weighted by Crippen LogP contribution is -2.42. The van der Waals surface area contributed by atoms with Gasteiger partial charge in [0.1, 0.15) is 11.4 Å². The zero-order chi connectivity index (χ0) is 21.0. The molecule has 0 aliphatic carbocycles. The fourth-order valence-corrected chi connectivity index (χ4v) is 3.33. The normalized spacial score (nSPS) is 15.2. The second-order valence-corrected chi connectivity index (χ2v) is 8.49. The van der Waals surface area contributed by atoms with Crippen molar-refractivity contribution in [2.45, 2.75) is 52.6 Å². The van der Waals surface area contributed by atoms with E-state index in [-0.39, 0.29) is 17.9 Å². The van der Waals surface area contributed by atoms with Gasteiger partial charge >= 0.3 is 6.09 Å². The molecule has 0 radical (unpaired) electrons. The Kier molecular flexibility index (Phi) is 6.20. The minimum atomic E-state index is -0.494. The Morgan fingerprint density at radius 1 is 1.28 bits per heavy atom. The molecule has 0 unspecified atom stereocenters. The molecular weight excluding hydrogens is 370 g/mol. The van der Waals surface area contributed by atoms with E-state index in [2.05, 4.69) is 20.5 Å². The Morgan fingerprint density at radius 2 is 2.00 bits per heavy atom. The van der Waals surface area contributed by atoms with E-state index in [4.69, 9.17) is 4.74 Å². The summed E-state index contributed by atoms with van der Waals surface area (Å²) in [4.78, 5) is 30.7. The van der Waals surface area contributed by atoms with Crippen LogP contribution in [-0.4, -0.2) is 50.8 Å². The second kappa shape index (κ2) is 8.63. The molecule has 0 bridgehead atoms. The van der Waals surface area contributed by atoms with Crippen LogP contribution in [0.25, 0.3) is 11.4 Å². The van der Waals surface area contributed by atoms with Crippen molar-refractivity contribution in [3.63, 3.8) is 0 Å². The van der Waals surface area contributed by atoms with E-state index in [1.807, 2.05) is 52.0 Å². The maximum atomic E-state index is 12.5. The van der Waals surface area contributed by atoms with Gasteiger partial charge in [0.2, 0.25) is 5.91 Å². The van der Waals surface area contributed by atoms with Crippen LogP contribution >= 0.6 is 0 Å². The summed E-state index contributed by atoms with van der Waals surface area (Å²) in [6, 6.07) is 7.50. The maximum absolute atomic E-state index is 12.5. The average Bonchev–Trinajstić information content (AvgIpc) is 3.07. The molecule has 1 aromatic heterocycles. The molecule has 1 aliphatic heterocycles. The summed E-state index contributed by atoms with van der Waals surface area (Å²) < 4.78 is 5.42. The molecule has 3 rings (SSSR count). The number of aromatic nitrogens is 3. The first-order valence-corrected chi connectivity index (χ1v) is 9.97. The number of likely N-dealkylation sites (tertiary alicyclic amines) is 1. The Labute approximate surface area is 171 Å². The molecular formula is C21H29N5O3. The predicted octanol–water partition coefficient (Wildman–Crippen LogP) is 3.76. The molecule has 2 amide bonds. The average molecular weight is 399 g/mol. The van der Waals surface area contributed by atoms with Gasteiger partial charge in [0.25, 0.3) is 0 Å². The number of aromatic amines is 1. The van der Waals surface area contributed by atoms with Crippen LogP contribution in [0.3, 0.4) is 0 Å². The first-order valence-electron chi connectivity index (χ1n) is 9.97. The van der Waals surface area contributed by atoms with Crippen LogP contribution in [0.1, 0.15) is 45.9 Å². The highest BCUT2D eigenvalue weighted by atomic mass is 16.6. The zero-order valence-electron chi connectivity index (χ0n) is 17.5. The van der Waals surface area contributed by atoms with Crippen molar-refractivity contribution in [3.05, 3.63) is 30.1 Å². The quantitative estimate of drug-likeness (QED) is 0.815. The summed E-state index contributed by atoms with van der Waals surface area (Å²) in [6.45, 7) is 8.66. The Balaban J connectivity index is 1.49. The summed E-state index contributed by atoms with van der Waals surface area (Å²) in [6.07, 6.45) is 1.75. The van der Waals surface area contributed by atoms with Gasteiger partial charge in [0, 0.05) is 30.8 Å². The molecule has 8 heteroatoms. The Morgan fingerprint density at radius 3 is 2.62 bits per heavy atom.